The molecule has 0 aliphatic heterocycles. The van der Waals surface area contributed by atoms with Crippen molar-refractivity contribution < 1.29 is 0 Å². The Morgan fingerprint density at radius 2 is 1.93 bits per heavy atom. The average molecular weight is 201 g/mol. The summed E-state index contributed by atoms with van der Waals surface area (Å²) in [5.41, 5.74) is 3.00. The lowest BCUT2D eigenvalue weighted by molar-refractivity contribution is 1.32. The van der Waals surface area contributed by atoms with Crippen molar-refractivity contribution in [1.29, 1.82) is 0 Å². The standard InChI is InChI=1S/C14H19N/c1-6-9-13(11-12(4)5)14(8-3)15-10-7-2/h6-11H,2,4H2,1,3,5H3/b9-6-,13-11-,14-8-,15-10?. The number of hydrogen-bond donors (Lipinski definition) is 0. The van der Waals surface area contributed by atoms with Gasteiger partial charge in [0.25, 0.3) is 0 Å². The summed E-state index contributed by atoms with van der Waals surface area (Å²) in [6.07, 6.45) is 11.3. The molecule has 0 radical (unpaired) electrons. The van der Waals surface area contributed by atoms with Gasteiger partial charge in [-0.1, -0.05) is 49.1 Å². The summed E-state index contributed by atoms with van der Waals surface area (Å²) < 4.78 is 0. The maximum atomic E-state index is 4.29. The van der Waals surface area contributed by atoms with E-state index in [2.05, 4.69) is 18.2 Å². The average Bonchev–Trinajstić information content (AvgIpc) is 2.18. The van der Waals surface area contributed by atoms with Gasteiger partial charge < -0.3 is 0 Å². The molecule has 0 N–H and O–H groups in total. The van der Waals surface area contributed by atoms with Crippen LogP contribution >= 0.6 is 0 Å². The lowest BCUT2D eigenvalue weighted by atomic mass is 10.1. The first kappa shape index (κ1) is 13.4. The molecular weight excluding hydrogens is 182 g/mol. The van der Waals surface area contributed by atoms with Crippen molar-refractivity contribution in [2.45, 2.75) is 20.8 Å². The molecule has 0 spiro atoms. The van der Waals surface area contributed by atoms with E-state index in [9.17, 15) is 0 Å². The van der Waals surface area contributed by atoms with Gasteiger partial charge in [-0.3, -0.25) is 4.99 Å². The van der Waals surface area contributed by atoms with Gasteiger partial charge in [0.2, 0.25) is 0 Å². The molecule has 0 aliphatic rings. The molecule has 0 unspecified atom stereocenters. The summed E-state index contributed by atoms with van der Waals surface area (Å²) in [5, 5.41) is 0. The van der Waals surface area contributed by atoms with Crippen LogP contribution in [0.4, 0.5) is 0 Å². The highest BCUT2D eigenvalue weighted by molar-refractivity contribution is 5.72. The summed E-state index contributed by atoms with van der Waals surface area (Å²) in [4.78, 5) is 4.29. The first-order chi connectivity index (χ1) is 7.15. The molecule has 0 bridgehead atoms. The monoisotopic (exact) mass is 201 g/mol. The topological polar surface area (TPSA) is 12.4 Å². The molecule has 0 rings (SSSR count). The van der Waals surface area contributed by atoms with Gasteiger partial charge in [0.05, 0.1) is 5.70 Å². The van der Waals surface area contributed by atoms with Crippen LogP contribution in [0.3, 0.4) is 0 Å². The molecule has 0 saturated carbocycles. The van der Waals surface area contributed by atoms with E-state index in [0.29, 0.717) is 0 Å². The van der Waals surface area contributed by atoms with E-state index < -0.39 is 0 Å². The van der Waals surface area contributed by atoms with Crippen LogP contribution < -0.4 is 0 Å². The van der Waals surface area contributed by atoms with Crippen molar-refractivity contribution in [3.8, 4) is 0 Å². The molecule has 0 atom stereocenters. The highest BCUT2D eigenvalue weighted by Gasteiger charge is 1.97. The fourth-order valence-electron chi connectivity index (χ4n) is 1.10. The first-order valence-electron chi connectivity index (χ1n) is 4.97. The summed E-state index contributed by atoms with van der Waals surface area (Å²) >= 11 is 0. The number of rotatable bonds is 5. The first-order valence-corrected chi connectivity index (χ1v) is 4.97. The molecular formula is C14H19N. The summed E-state index contributed by atoms with van der Waals surface area (Å²) in [6.45, 7) is 13.4. The van der Waals surface area contributed by atoms with E-state index in [0.717, 1.165) is 16.8 Å². The zero-order chi connectivity index (χ0) is 11.7. The lowest BCUT2D eigenvalue weighted by Gasteiger charge is -2.02. The van der Waals surface area contributed by atoms with Crippen LogP contribution in [0.15, 0.2) is 65.4 Å². The Kier molecular flexibility index (Phi) is 6.90. The number of allylic oxidation sites excluding steroid dienone is 6. The minimum atomic E-state index is 0.927. The Labute approximate surface area is 92.9 Å². The Morgan fingerprint density at radius 3 is 2.33 bits per heavy atom. The van der Waals surface area contributed by atoms with Crippen molar-refractivity contribution >= 4 is 6.21 Å². The Bertz CT molecular complexity index is 338. The summed E-state index contributed by atoms with van der Waals surface area (Å²) in [5.74, 6) is 0. The minimum Gasteiger partial charge on any atom is -0.257 e. The van der Waals surface area contributed by atoms with Crippen LogP contribution in [0.2, 0.25) is 0 Å². The van der Waals surface area contributed by atoms with Crippen molar-refractivity contribution in [3.05, 3.63) is 60.4 Å². The Morgan fingerprint density at radius 1 is 1.27 bits per heavy atom. The van der Waals surface area contributed by atoms with Gasteiger partial charge in [0.1, 0.15) is 0 Å². The highest BCUT2D eigenvalue weighted by Crippen LogP contribution is 2.15. The van der Waals surface area contributed by atoms with E-state index in [4.69, 9.17) is 0 Å². The van der Waals surface area contributed by atoms with Crippen molar-refractivity contribution in [3.63, 3.8) is 0 Å². The predicted octanol–water partition coefficient (Wildman–Crippen LogP) is 4.23. The number of aliphatic imine (C=N–C) groups is 1. The van der Waals surface area contributed by atoms with Crippen LogP contribution in [-0.4, -0.2) is 6.21 Å². The van der Waals surface area contributed by atoms with E-state index in [1.807, 2.05) is 45.1 Å². The van der Waals surface area contributed by atoms with Crippen LogP contribution in [0.1, 0.15) is 20.8 Å². The van der Waals surface area contributed by atoms with Gasteiger partial charge in [-0.25, -0.2) is 0 Å². The van der Waals surface area contributed by atoms with Crippen LogP contribution in [0.5, 0.6) is 0 Å². The van der Waals surface area contributed by atoms with E-state index in [1.54, 1.807) is 12.3 Å². The third-order valence-electron chi connectivity index (χ3n) is 1.64. The zero-order valence-corrected chi connectivity index (χ0v) is 9.83. The van der Waals surface area contributed by atoms with Gasteiger partial charge in [-0.2, -0.15) is 0 Å². The highest BCUT2D eigenvalue weighted by atomic mass is 14.7. The SMILES string of the molecule is C=CC=NC(=C\C)/C(/C=C\C)=C\C(=C)C. The second kappa shape index (κ2) is 7.74. The molecule has 0 aromatic carbocycles. The fraction of sp³-hybridized carbons (Fsp3) is 0.214. The summed E-state index contributed by atoms with van der Waals surface area (Å²) in [6, 6.07) is 0. The second-order valence-electron chi connectivity index (χ2n) is 3.13. The predicted molar refractivity (Wildman–Crippen MR) is 70.2 cm³/mol. The van der Waals surface area contributed by atoms with Crippen molar-refractivity contribution in [2.75, 3.05) is 0 Å². The molecule has 0 aromatic heterocycles. The van der Waals surface area contributed by atoms with Gasteiger partial charge in [-0.05, 0) is 26.3 Å². The van der Waals surface area contributed by atoms with Crippen molar-refractivity contribution in [1.82, 2.24) is 0 Å². The van der Waals surface area contributed by atoms with Gasteiger partial charge >= 0.3 is 0 Å². The third-order valence-corrected chi connectivity index (χ3v) is 1.64. The minimum absolute atomic E-state index is 0.927. The molecule has 15 heavy (non-hydrogen) atoms. The molecule has 0 fully saturated rings. The fourth-order valence-corrected chi connectivity index (χ4v) is 1.10. The van der Waals surface area contributed by atoms with Crippen LogP contribution in [-0.2, 0) is 0 Å². The molecule has 0 heterocycles. The number of nitrogens with zero attached hydrogens (tertiary/aromatic N) is 1. The molecule has 80 valence electrons. The van der Waals surface area contributed by atoms with E-state index in [1.165, 1.54) is 0 Å². The lowest BCUT2D eigenvalue weighted by Crippen LogP contribution is -1.85. The molecule has 0 aliphatic carbocycles. The molecule has 0 aromatic rings. The Hall–Kier alpha value is -1.63. The van der Waals surface area contributed by atoms with Crippen LogP contribution in [0.25, 0.3) is 0 Å². The molecule has 1 heteroatoms. The molecule has 1 nitrogen and oxygen atoms in total. The Balaban J connectivity index is 5.13. The second-order valence-corrected chi connectivity index (χ2v) is 3.13. The molecule has 0 saturated heterocycles. The normalized spacial score (nSPS) is 13.8. The smallest absolute Gasteiger partial charge is 0.0659 e. The molecule has 0 amide bonds. The van der Waals surface area contributed by atoms with E-state index >= 15 is 0 Å². The van der Waals surface area contributed by atoms with E-state index in [-0.39, 0.29) is 0 Å². The largest absolute Gasteiger partial charge is 0.257 e. The van der Waals surface area contributed by atoms with Gasteiger partial charge in [-0.15, -0.1) is 0 Å². The summed E-state index contributed by atoms with van der Waals surface area (Å²) in [7, 11) is 0. The van der Waals surface area contributed by atoms with Gasteiger partial charge in [0, 0.05) is 6.21 Å². The quantitative estimate of drug-likeness (QED) is 0.466. The maximum Gasteiger partial charge on any atom is 0.0659 e. The zero-order valence-electron chi connectivity index (χ0n) is 9.83. The van der Waals surface area contributed by atoms with Crippen molar-refractivity contribution in [2.24, 2.45) is 4.99 Å². The van der Waals surface area contributed by atoms with Gasteiger partial charge in [0.15, 0.2) is 0 Å². The maximum absolute atomic E-state index is 4.29. The van der Waals surface area contributed by atoms with Crippen LogP contribution in [0, 0.1) is 0 Å². The third kappa shape index (κ3) is 5.63. The number of hydrogen-bond acceptors (Lipinski definition) is 1.